The lowest BCUT2D eigenvalue weighted by molar-refractivity contribution is 0.669. The molecule has 12 rings (SSSR count). The molecule has 296 valence electrons. The van der Waals surface area contributed by atoms with Crippen molar-refractivity contribution in [3.05, 3.63) is 271 Å². The van der Waals surface area contributed by atoms with E-state index < -0.39 is 5.41 Å². The van der Waals surface area contributed by atoms with Crippen LogP contribution >= 0.6 is 0 Å². The van der Waals surface area contributed by atoms with Crippen LogP contribution in [0, 0.1) is 0 Å². The number of benzene rings is 10. The first-order valence-corrected chi connectivity index (χ1v) is 21.7. The van der Waals surface area contributed by atoms with Gasteiger partial charge in [-0.3, -0.25) is 0 Å². The predicted molar refractivity (Wildman–Crippen MR) is 262 cm³/mol. The van der Waals surface area contributed by atoms with Crippen LogP contribution in [0.1, 0.15) is 22.3 Å². The fourth-order valence-corrected chi connectivity index (χ4v) is 10.1. The van der Waals surface area contributed by atoms with Crippen LogP contribution in [0.3, 0.4) is 0 Å². The number of hydrogen-bond acceptors (Lipinski definition) is 2. The fraction of sp³-hybridized carbons (Fsp3) is 0.0164. The SMILES string of the molecule is c1ccc(-c2ccc(N(c3ccc(-c4ccccc4)cc3)c3cc(-c4ccc5c(c4)C(c4ccccc4)(c4ccccc4)c4ccccc4-5)cc4c3oc3ccccc34)cc2)cc1. The molecule has 0 saturated carbocycles. The first-order valence-electron chi connectivity index (χ1n) is 21.7. The molecule has 0 radical (unpaired) electrons. The Morgan fingerprint density at radius 3 is 1.40 bits per heavy atom. The zero-order valence-electron chi connectivity index (χ0n) is 34.5. The van der Waals surface area contributed by atoms with E-state index in [2.05, 4.69) is 254 Å². The van der Waals surface area contributed by atoms with Gasteiger partial charge in [0.25, 0.3) is 0 Å². The number of furan rings is 1. The van der Waals surface area contributed by atoms with Crippen LogP contribution in [0.15, 0.2) is 253 Å². The Kier molecular flexibility index (Phi) is 8.76. The van der Waals surface area contributed by atoms with E-state index in [9.17, 15) is 0 Å². The second kappa shape index (κ2) is 15.1. The highest BCUT2D eigenvalue weighted by Crippen LogP contribution is 2.57. The van der Waals surface area contributed by atoms with Gasteiger partial charge in [0.05, 0.1) is 11.1 Å². The minimum Gasteiger partial charge on any atom is -0.454 e. The first kappa shape index (κ1) is 36.6. The number of nitrogens with zero attached hydrogens (tertiary/aromatic N) is 1. The average Bonchev–Trinajstić information content (AvgIpc) is 3.89. The Morgan fingerprint density at radius 2 is 0.794 bits per heavy atom. The van der Waals surface area contributed by atoms with Gasteiger partial charge in [0, 0.05) is 22.1 Å². The molecule has 1 heterocycles. The lowest BCUT2D eigenvalue weighted by Crippen LogP contribution is -2.28. The Labute approximate surface area is 367 Å². The molecular weight excluding hydrogens is 763 g/mol. The molecule has 0 N–H and O–H groups in total. The van der Waals surface area contributed by atoms with Crippen molar-refractivity contribution in [3.8, 4) is 44.5 Å². The highest BCUT2D eigenvalue weighted by atomic mass is 16.3. The molecular formula is C61H41NO. The van der Waals surface area contributed by atoms with Crippen molar-refractivity contribution in [1.82, 2.24) is 0 Å². The van der Waals surface area contributed by atoms with Crippen LogP contribution in [-0.4, -0.2) is 0 Å². The van der Waals surface area contributed by atoms with E-state index in [-0.39, 0.29) is 0 Å². The Morgan fingerprint density at radius 1 is 0.317 bits per heavy atom. The maximum atomic E-state index is 6.91. The second-order valence-corrected chi connectivity index (χ2v) is 16.4. The number of rotatable bonds is 8. The summed E-state index contributed by atoms with van der Waals surface area (Å²) in [5, 5.41) is 2.16. The van der Waals surface area contributed by atoms with Crippen molar-refractivity contribution in [1.29, 1.82) is 0 Å². The third-order valence-corrected chi connectivity index (χ3v) is 13.0. The van der Waals surface area contributed by atoms with Gasteiger partial charge in [0.2, 0.25) is 0 Å². The van der Waals surface area contributed by atoms with Crippen molar-refractivity contribution in [3.63, 3.8) is 0 Å². The summed E-state index contributed by atoms with van der Waals surface area (Å²) in [7, 11) is 0. The van der Waals surface area contributed by atoms with Crippen LogP contribution in [0.2, 0.25) is 0 Å². The summed E-state index contributed by atoms with van der Waals surface area (Å²) in [6, 6.07) is 90.2. The van der Waals surface area contributed by atoms with Gasteiger partial charge in [0.15, 0.2) is 5.58 Å². The molecule has 0 atom stereocenters. The maximum Gasteiger partial charge on any atom is 0.159 e. The molecule has 0 unspecified atom stereocenters. The van der Waals surface area contributed by atoms with E-state index >= 15 is 0 Å². The van der Waals surface area contributed by atoms with Crippen LogP contribution in [0.5, 0.6) is 0 Å². The van der Waals surface area contributed by atoms with Gasteiger partial charge in [0.1, 0.15) is 5.58 Å². The minimum atomic E-state index is -0.507. The maximum absolute atomic E-state index is 6.91. The molecule has 2 heteroatoms. The molecule has 0 aliphatic heterocycles. The van der Waals surface area contributed by atoms with Crippen molar-refractivity contribution < 1.29 is 4.42 Å². The normalized spacial score (nSPS) is 12.6. The summed E-state index contributed by atoms with van der Waals surface area (Å²) in [5.41, 5.74) is 18.8. The topological polar surface area (TPSA) is 16.4 Å². The number of para-hydroxylation sites is 1. The summed E-state index contributed by atoms with van der Waals surface area (Å²) >= 11 is 0. The van der Waals surface area contributed by atoms with Crippen molar-refractivity contribution in [2.75, 3.05) is 4.90 Å². The van der Waals surface area contributed by atoms with Crippen molar-refractivity contribution in [2.45, 2.75) is 5.41 Å². The predicted octanol–water partition coefficient (Wildman–Crippen LogP) is 16.4. The van der Waals surface area contributed by atoms with E-state index in [1.165, 1.54) is 55.6 Å². The molecule has 63 heavy (non-hydrogen) atoms. The Hall–Kier alpha value is -8.20. The number of anilines is 3. The molecule has 1 aromatic heterocycles. The van der Waals surface area contributed by atoms with Gasteiger partial charge < -0.3 is 9.32 Å². The van der Waals surface area contributed by atoms with Gasteiger partial charge in [-0.25, -0.2) is 0 Å². The molecule has 0 fully saturated rings. The molecule has 2 nitrogen and oxygen atoms in total. The van der Waals surface area contributed by atoms with Gasteiger partial charge in [-0.15, -0.1) is 0 Å². The van der Waals surface area contributed by atoms with Crippen LogP contribution in [-0.2, 0) is 5.41 Å². The molecule has 10 aromatic carbocycles. The third-order valence-electron chi connectivity index (χ3n) is 13.0. The lowest BCUT2D eigenvalue weighted by atomic mass is 9.67. The summed E-state index contributed by atoms with van der Waals surface area (Å²) in [6.45, 7) is 0. The van der Waals surface area contributed by atoms with Gasteiger partial charge in [-0.2, -0.15) is 0 Å². The lowest BCUT2D eigenvalue weighted by Gasteiger charge is -2.34. The van der Waals surface area contributed by atoms with Crippen molar-refractivity contribution >= 4 is 39.0 Å². The highest BCUT2D eigenvalue weighted by Gasteiger charge is 2.46. The summed E-state index contributed by atoms with van der Waals surface area (Å²) in [6.07, 6.45) is 0. The Bertz CT molecular complexity index is 3290. The van der Waals surface area contributed by atoms with Crippen LogP contribution in [0.25, 0.3) is 66.4 Å². The summed E-state index contributed by atoms with van der Waals surface area (Å²) < 4.78 is 6.91. The number of hydrogen-bond donors (Lipinski definition) is 0. The third kappa shape index (κ3) is 6.02. The Balaban J connectivity index is 1.10. The molecule has 1 aliphatic rings. The standard InChI is InChI=1S/C61H41NO/c1-5-17-42(18-6-1)44-29-34-50(35-30-44)62(51-36-31-45(32-37-51)43-19-7-2-8-20-43)58-41-47(39-55-54-26-14-16-28-59(54)63-60(55)58)46-33-38-53-52-25-13-15-27-56(52)61(57(53)40-46,48-21-9-3-10-22-48)49-23-11-4-12-24-49/h1-41H. The molecule has 0 saturated heterocycles. The van der Waals surface area contributed by atoms with E-state index in [0.717, 1.165) is 50.1 Å². The molecule has 11 aromatic rings. The fourth-order valence-electron chi connectivity index (χ4n) is 10.1. The van der Waals surface area contributed by atoms with E-state index in [0.29, 0.717) is 0 Å². The van der Waals surface area contributed by atoms with E-state index in [1.54, 1.807) is 0 Å². The zero-order valence-corrected chi connectivity index (χ0v) is 34.5. The average molecular weight is 804 g/mol. The second-order valence-electron chi connectivity index (χ2n) is 16.4. The van der Waals surface area contributed by atoms with Gasteiger partial charge in [-0.05, 0) is 115 Å². The van der Waals surface area contributed by atoms with Gasteiger partial charge >= 0.3 is 0 Å². The van der Waals surface area contributed by atoms with Gasteiger partial charge in [-0.1, -0.05) is 200 Å². The monoisotopic (exact) mass is 803 g/mol. The number of fused-ring (bicyclic) bond motifs is 6. The van der Waals surface area contributed by atoms with Crippen LogP contribution in [0.4, 0.5) is 17.1 Å². The minimum absolute atomic E-state index is 0.507. The molecule has 0 spiro atoms. The first-order chi connectivity index (χ1) is 31.2. The largest absolute Gasteiger partial charge is 0.454 e. The van der Waals surface area contributed by atoms with E-state index in [4.69, 9.17) is 4.42 Å². The van der Waals surface area contributed by atoms with Crippen LogP contribution < -0.4 is 4.90 Å². The zero-order chi connectivity index (χ0) is 41.7. The molecule has 0 bridgehead atoms. The summed E-state index contributed by atoms with van der Waals surface area (Å²) in [5.74, 6) is 0. The quantitative estimate of drug-likeness (QED) is 0.152. The van der Waals surface area contributed by atoms with E-state index in [1.807, 2.05) is 0 Å². The molecule has 1 aliphatic carbocycles. The summed E-state index contributed by atoms with van der Waals surface area (Å²) in [4.78, 5) is 2.36. The highest BCUT2D eigenvalue weighted by molar-refractivity contribution is 6.12. The molecule has 0 amide bonds. The van der Waals surface area contributed by atoms with Crippen molar-refractivity contribution in [2.24, 2.45) is 0 Å². The smallest absolute Gasteiger partial charge is 0.159 e.